The molecule has 0 bridgehead atoms. The highest BCUT2D eigenvalue weighted by Crippen LogP contribution is 2.37. The Bertz CT molecular complexity index is 1010. The molecule has 0 fully saturated rings. The van der Waals surface area contributed by atoms with Gasteiger partial charge in [0, 0.05) is 6.07 Å². The van der Waals surface area contributed by atoms with Crippen molar-refractivity contribution in [2.45, 2.75) is 17.4 Å². The lowest BCUT2D eigenvalue weighted by atomic mass is 10.1. The molecule has 0 aliphatic rings. The second-order valence-corrected chi connectivity index (χ2v) is 6.72. The monoisotopic (exact) mass is 365 g/mol. The SMILES string of the molecule is Cc1cc(NC(=O)[C@@H](Sc2nc3ccccc3o2)c2ccccc2)no1. The summed E-state index contributed by atoms with van der Waals surface area (Å²) in [7, 11) is 0. The molecule has 0 saturated heterocycles. The maximum Gasteiger partial charge on any atom is 0.257 e. The molecule has 0 saturated carbocycles. The molecule has 0 aliphatic carbocycles. The molecule has 6 nitrogen and oxygen atoms in total. The van der Waals surface area contributed by atoms with Crippen LogP contribution in [-0.2, 0) is 4.79 Å². The zero-order chi connectivity index (χ0) is 17.9. The number of benzene rings is 2. The number of aromatic nitrogens is 2. The van der Waals surface area contributed by atoms with Gasteiger partial charge in [-0.1, -0.05) is 47.6 Å². The van der Waals surface area contributed by atoms with Crippen LogP contribution in [0.1, 0.15) is 16.6 Å². The molecule has 4 rings (SSSR count). The van der Waals surface area contributed by atoms with Gasteiger partial charge < -0.3 is 14.3 Å². The molecule has 1 atom stereocenters. The molecular formula is C19H15N3O3S. The van der Waals surface area contributed by atoms with Gasteiger partial charge in [0.25, 0.3) is 5.22 Å². The Morgan fingerprint density at radius 3 is 2.62 bits per heavy atom. The van der Waals surface area contributed by atoms with Crippen molar-refractivity contribution >= 4 is 34.6 Å². The van der Waals surface area contributed by atoms with Crippen molar-refractivity contribution < 1.29 is 13.7 Å². The summed E-state index contributed by atoms with van der Waals surface area (Å²) in [6.07, 6.45) is 0. The highest BCUT2D eigenvalue weighted by molar-refractivity contribution is 8.00. The van der Waals surface area contributed by atoms with E-state index in [1.165, 1.54) is 11.8 Å². The normalized spacial score (nSPS) is 12.2. The van der Waals surface area contributed by atoms with Crippen LogP contribution in [0, 0.1) is 6.92 Å². The number of amides is 1. The molecule has 1 N–H and O–H groups in total. The van der Waals surface area contributed by atoms with Gasteiger partial charge >= 0.3 is 0 Å². The zero-order valence-corrected chi connectivity index (χ0v) is 14.7. The first-order chi connectivity index (χ1) is 12.7. The number of aryl methyl sites for hydroxylation is 1. The first-order valence-corrected chi connectivity index (χ1v) is 8.88. The largest absolute Gasteiger partial charge is 0.431 e. The Labute approximate surface area is 153 Å². The van der Waals surface area contributed by atoms with Crippen molar-refractivity contribution in [1.82, 2.24) is 10.1 Å². The van der Waals surface area contributed by atoms with E-state index in [1.807, 2.05) is 54.6 Å². The first-order valence-electron chi connectivity index (χ1n) is 8.00. The van der Waals surface area contributed by atoms with E-state index in [2.05, 4.69) is 15.5 Å². The molecule has 1 amide bonds. The number of para-hydroxylation sites is 2. The number of hydrogen-bond donors (Lipinski definition) is 1. The van der Waals surface area contributed by atoms with Gasteiger partial charge in [0.1, 0.15) is 16.5 Å². The van der Waals surface area contributed by atoms with Crippen molar-refractivity contribution in [3.05, 3.63) is 72.0 Å². The van der Waals surface area contributed by atoms with Gasteiger partial charge in [-0.2, -0.15) is 0 Å². The topological polar surface area (TPSA) is 81.2 Å². The standard InChI is InChI=1S/C19H15N3O3S/c1-12-11-16(22-25-12)21-18(23)17(13-7-3-2-4-8-13)26-19-20-14-9-5-6-10-15(14)24-19/h2-11,17H,1H3,(H,21,22,23)/t17-/m0/s1. The summed E-state index contributed by atoms with van der Waals surface area (Å²) >= 11 is 1.25. The van der Waals surface area contributed by atoms with Gasteiger partial charge in [-0.3, -0.25) is 4.79 Å². The van der Waals surface area contributed by atoms with Crippen LogP contribution in [-0.4, -0.2) is 16.0 Å². The molecule has 0 aliphatic heterocycles. The van der Waals surface area contributed by atoms with Gasteiger partial charge in [-0.05, 0) is 36.4 Å². The number of thioether (sulfide) groups is 1. The van der Waals surface area contributed by atoms with Crippen LogP contribution < -0.4 is 5.32 Å². The van der Waals surface area contributed by atoms with Gasteiger partial charge in [0.05, 0.1) is 0 Å². The molecule has 2 aromatic carbocycles. The van der Waals surface area contributed by atoms with Crippen molar-refractivity contribution in [1.29, 1.82) is 0 Å². The number of oxazole rings is 1. The molecule has 2 heterocycles. The maximum absolute atomic E-state index is 12.9. The predicted octanol–water partition coefficient (Wildman–Crippen LogP) is 4.60. The third-order valence-electron chi connectivity index (χ3n) is 3.71. The van der Waals surface area contributed by atoms with E-state index in [1.54, 1.807) is 13.0 Å². The van der Waals surface area contributed by atoms with Gasteiger partial charge in [0.15, 0.2) is 11.4 Å². The third-order valence-corrected chi connectivity index (χ3v) is 4.81. The van der Waals surface area contributed by atoms with Crippen LogP contribution in [0.15, 0.2) is 74.8 Å². The fourth-order valence-corrected chi connectivity index (χ4v) is 3.47. The van der Waals surface area contributed by atoms with E-state index in [4.69, 9.17) is 8.94 Å². The minimum atomic E-state index is -0.540. The van der Waals surface area contributed by atoms with Gasteiger partial charge in [-0.15, -0.1) is 0 Å². The minimum Gasteiger partial charge on any atom is -0.431 e. The summed E-state index contributed by atoms with van der Waals surface area (Å²) in [4.78, 5) is 17.3. The average Bonchev–Trinajstić information content (AvgIpc) is 3.25. The van der Waals surface area contributed by atoms with E-state index in [0.717, 1.165) is 11.1 Å². The Balaban J connectivity index is 1.63. The highest BCUT2D eigenvalue weighted by Gasteiger charge is 2.25. The van der Waals surface area contributed by atoms with E-state index < -0.39 is 5.25 Å². The van der Waals surface area contributed by atoms with E-state index in [0.29, 0.717) is 22.4 Å². The Hall–Kier alpha value is -3.06. The predicted molar refractivity (Wildman–Crippen MR) is 98.9 cm³/mol. The molecular weight excluding hydrogens is 350 g/mol. The molecule has 2 aromatic heterocycles. The van der Waals surface area contributed by atoms with Crippen LogP contribution in [0.4, 0.5) is 5.82 Å². The van der Waals surface area contributed by atoms with E-state index in [9.17, 15) is 4.79 Å². The zero-order valence-electron chi connectivity index (χ0n) is 13.9. The lowest BCUT2D eigenvalue weighted by Crippen LogP contribution is -2.19. The first kappa shape index (κ1) is 16.4. The van der Waals surface area contributed by atoms with E-state index in [-0.39, 0.29) is 5.91 Å². The average molecular weight is 365 g/mol. The molecule has 0 radical (unpaired) electrons. The van der Waals surface area contributed by atoms with Crippen molar-refractivity contribution in [3.63, 3.8) is 0 Å². The van der Waals surface area contributed by atoms with Crippen LogP contribution in [0.5, 0.6) is 0 Å². The molecule has 0 unspecified atom stereocenters. The summed E-state index contributed by atoms with van der Waals surface area (Å²) in [6.45, 7) is 1.77. The summed E-state index contributed by atoms with van der Waals surface area (Å²) in [5.41, 5.74) is 2.29. The number of anilines is 1. The van der Waals surface area contributed by atoms with Crippen molar-refractivity contribution in [2.24, 2.45) is 0 Å². The summed E-state index contributed by atoms with van der Waals surface area (Å²) < 4.78 is 10.8. The summed E-state index contributed by atoms with van der Waals surface area (Å²) in [5.74, 6) is 0.784. The lowest BCUT2D eigenvalue weighted by Gasteiger charge is -2.14. The highest BCUT2D eigenvalue weighted by atomic mass is 32.2. The molecule has 130 valence electrons. The Morgan fingerprint density at radius 2 is 1.88 bits per heavy atom. The quantitative estimate of drug-likeness (QED) is 0.521. The van der Waals surface area contributed by atoms with Crippen LogP contribution in [0.3, 0.4) is 0 Å². The number of fused-ring (bicyclic) bond motifs is 1. The number of nitrogens with zero attached hydrogens (tertiary/aromatic N) is 2. The Kier molecular flexibility index (Phi) is 4.45. The van der Waals surface area contributed by atoms with Crippen LogP contribution in [0.2, 0.25) is 0 Å². The lowest BCUT2D eigenvalue weighted by molar-refractivity contribution is -0.115. The van der Waals surface area contributed by atoms with Crippen LogP contribution >= 0.6 is 11.8 Å². The smallest absolute Gasteiger partial charge is 0.257 e. The number of nitrogens with one attached hydrogen (secondary N) is 1. The fourth-order valence-electron chi connectivity index (χ4n) is 2.52. The number of hydrogen-bond acceptors (Lipinski definition) is 6. The molecule has 0 spiro atoms. The minimum absolute atomic E-state index is 0.225. The summed E-state index contributed by atoms with van der Waals surface area (Å²) in [6, 6.07) is 18.7. The second kappa shape index (κ2) is 7.05. The maximum atomic E-state index is 12.9. The van der Waals surface area contributed by atoms with Crippen molar-refractivity contribution in [2.75, 3.05) is 5.32 Å². The summed E-state index contributed by atoms with van der Waals surface area (Å²) in [5, 5.41) is 6.50. The van der Waals surface area contributed by atoms with Crippen LogP contribution in [0.25, 0.3) is 11.1 Å². The second-order valence-electron chi connectivity index (χ2n) is 5.67. The van der Waals surface area contributed by atoms with Crippen molar-refractivity contribution in [3.8, 4) is 0 Å². The third kappa shape index (κ3) is 3.48. The Morgan fingerprint density at radius 1 is 1.12 bits per heavy atom. The van der Waals surface area contributed by atoms with Gasteiger partial charge in [0.2, 0.25) is 5.91 Å². The molecule has 4 aromatic rings. The molecule has 26 heavy (non-hydrogen) atoms. The number of carbonyl (C=O) groups excluding carboxylic acids is 1. The number of carbonyl (C=O) groups is 1. The molecule has 7 heteroatoms. The van der Waals surface area contributed by atoms with E-state index >= 15 is 0 Å². The number of rotatable bonds is 5. The fraction of sp³-hybridized carbons (Fsp3) is 0.105. The van der Waals surface area contributed by atoms with Gasteiger partial charge in [-0.25, -0.2) is 4.98 Å².